The molecule has 2 heterocycles. The fourth-order valence-corrected chi connectivity index (χ4v) is 3.12. The number of para-hydroxylation sites is 1. The molecule has 138 valence electrons. The molecule has 0 radical (unpaired) electrons. The van der Waals surface area contributed by atoms with Crippen LogP contribution in [0.2, 0.25) is 0 Å². The van der Waals surface area contributed by atoms with Gasteiger partial charge in [0.25, 0.3) is 0 Å². The Bertz CT molecular complexity index is 748. The van der Waals surface area contributed by atoms with E-state index in [0.29, 0.717) is 31.7 Å². The van der Waals surface area contributed by atoms with Gasteiger partial charge >= 0.3 is 6.03 Å². The Kier molecular flexibility index (Phi) is 5.55. The number of hydrogen-bond donors (Lipinski definition) is 2. The molecule has 1 aliphatic heterocycles. The normalized spacial score (nSPS) is 15.1. The van der Waals surface area contributed by atoms with Crippen molar-refractivity contribution in [3.63, 3.8) is 0 Å². The summed E-state index contributed by atoms with van der Waals surface area (Å²) in [6.07, 6.45) is 3.00. The lowest BCUT2D eigenvalue weighted by atomic mass is 9.96. The van der Waals surface area contributed by atoms with Crippen LogP contribution in [0, 0.1) is 5.92 Å². The minimum atomic E-state index is -0.118. The van der Waals surface area contributed by atoms with Crippen LogP contribution in [0.1, 0.15) is 32.7 Å². The average molecular weight is 355 g/mol. The first kappa shape index (κ1) is 18.0. The second kappa shape index (κ2) is 8.03. The molecule has 7 heteroatoms. The smallest absolute Gasteiger partial charge is 0.321 e. The van der Waals surface area contributed by atoms with Crippen molar-refractivity contribution in [2.24, 2.45) is 5.92 Å². The van der Waals surface area contributed by atoms with E-state index in [2.05, 4.69) is 15.7 Å². The standard InChI is InChI=1S/C19H25N5O2/c1-14(2)24-17(8-11-20-24)22-18(25)15-9-12-23(13-10-15)19(26)21-16-6-4-3-5-7-16/h3-8,11,14-15H,9-10,12-13H2,1-2H3,(H,21,26)(H,22,25). The highest BCUT2D eigenvalue weighted by Crippen LogP contribution is 2.21. The van der Waals surface area contributed by atoms with Gasteiger partial charge in [-0.3, -0.25) is 4.79 Å². The second-order valence-electron chi connectivity index (χ2n) is 6.80. The van der Waals surface area contributed by atoms with Crippen LogP contribution in [0.15, 0.2) is 42.6 Å². The Morgan fingerprint density at radius 2 is 1.77 bits per heavy atom. The van der Waals surface area contributed by atoms with E-state index in [-0.39, 0.29) is 23.9 Å². The predicted molar refractivity (Wildman–Crippen MR) is 101 cm³/mol. The first-order valence-corrected chi connectivity index (χ1v) is 9.00. The highest BCUT2D eigenvalue weighted by molar-refractivity contribution is 5.92. The summed E-state index contributed by atoms with van der Waals surface area (Å²) >= 11 is 0. The maximum atomic E-state index is 12.5. The number of hydrogen-bond acceptors (Lipinski definition) is 3. The molecule has 2 aromatic rings. The molecular formula is C19H25N5O2. The molecule has 1 aromatic heterocycles. The lowest BCUT2D eigenvalue weighted by Gasteiger charge is -2.31. The van der Waals surface area contributed by atoms with Crippen molar-refractivity contribution in [1.29, 1.82) is 0 Å². The fourth-order valence-electron chi connectivity index (χ4n) is 3.12. The van der Waals surface area contributed by atoms with Crippen LogP contribution >= 0.6 is 0 Å². The topological polar surface area (TPSA) is 79.3 Å². The zero-order valence-electron chi connectivity index (χ0n) is 15.2. The van der Waals surface area contributed by atoms with Gasteiger partial charge in [0.15, 0.2) is 0 Å². The van der Waals surface area contributed by atoms with Crippen LogP contribution in [0.3, 0.4) is 0 Å². The Labute approximate surface area is 153 Å². The quantitative estimate of drug-likeness (QED) is 0.883. The molecule has 0 saturated carbocycles. The van der Waals surface area contributed by atoms with Crippen LogP contribution < -0.4 is 10.6 Å². The van der Waals surface area contributed by atoms with Crippen molar-refractivity contribution in [3.8, 4) is 0 Å². The fraction of sp³-hybridized carbons (Fsp3) is 0.421. The van der Waals surface area contributed by atoms with E-state index in [9.17, 15) is 9.59 Å². The summed E-state index contributed by atoms with van der Waals surface area (Å²) in [4.78, 5) is 26.6. The second-order valence-corrected chi connectivity index (χ2v) is 6.80. The zero-order chi connectivity index (χ0) is 18.5. The number of piperidine rings is 1. The van der Waals surface area contributed by atoms with Gasteiger partial charge in [0, 0.05) is 36.8 Å². The van der Waals surface area contributed by atoms with E-state index in [1.807, 2.05) is 44.2 Å². The first-order valence-electron chi connectivity index (χ1n) is 9.00. The van der Waals surface area contributed by atoms with E-state index < -0.39 is 0 Å². The van der Waals surface area contributed by atoms with Crippen LogP contribution in [0.4, 0.5) is 16.3 Å². The third kappa shape index (κ3) is 4.22. The van der Waals surface area contributed by atoms with Crippen LogP contribution in [0.5, 0.6) is 0 Å². The predicted octanol–water partition coefficient (Wildman–Crippen LogP) is 3.35. The molecule has 0 bridgehead atoms. The molecular weight excluding hydrogens is 330 g/mol. The van der Waals surface area contributed by atoms with Crippen molar-refractivity contribution < 1.29 is 9.59 Å². The van der Waals surface area contributed by atoms with Gasteiger partial charge in [-0.15, -0.1) is 0 Å². The molecule has 2 N–H and O–H groups in total. The van der Waals surface area contributed by atoms with E-state index in [0.717, 1.165) is 5.69 Å². The van der Waals surface area contributed by atoms with Gasteiger partial charge in [0.1, 0.15) is 5.82 Å². The number of carbonyl (C=O) groups is 2. The lowest BCUT2D eigenvalue weighted by Crippen LogP contribution is -2.43. The number of nitrogens with one attached hydrogen (secondary N) is 2. The molecule has 0 atom stereocenters. The third-order valence-corrected chi connectivity index (χ3v) is 4.59. The summed E-state index contributed by atoms with van der Waals surface area (Å²) in [5, 5.41) is 10.1. The Hall–Kier alpha value is -2.83. The molecule has 26 heavy (non-hydrogen) atoms. The summed E-state index contributed by atoms with van der Waals surface area (Å²) in [6.45, 7) is 5.18. The van der Waals surface area contributed by atoms with Crippen LogP contribution in [-0.2, 0) is 4.79 Å². The van der Waals surface area contributed by atoms with E-state index in [1.165, 1.54) is 0 Å². The molecule has 0 aliphatic carbocycles. The van der Waals surface area contributed by atoms with Gasteiger partial charge in [-0.2, -0.15) is 5.10 Å². The number of rotatable bonds is 4. The molecule has 0 unspecified atom stereocenters. The maximum absolute atomic E-state index is 12.5. The highest BCUT2D eigenvalue weighted by atomic mass is 16.2. The monoisotopic (exact) mass is 355 g/mol. The number of carbonyl (C=O) groups excluding carboxylic acids is 2. The zero-order valence-corrected chi connectivity index (χ0v) is 15.2. The van der Waals surface area contributed by atoms with E-state index in [1.54, 1.807) is 21.8 Å². The molecule has 3 amide bonds. The highest BCUT2D eigenvalue weighted by Gasteiger charge is 2.28. The Morgan fingerprint density at radius 1 is 1.08 bits per heavy atom. The minimum Gasteiger partial charge on any atom is -0.324 e. The van der Waals surface area contributed by atoms with Crippen molar-refractivity contribution in [1.82, 2.24) is 14.7 Å². The van der Waals surface area contributed by atoms with Crippen LogP contribution in [0.25, 0.3) is 0 Å². The number of anilines is 2. The number of likely N-dealkylation sites (tertiary alicyclic amines) is 1. The largest absolute Gasteiger partial charge is 0.324 e. The van der Waals surface area contributed by atoms with Gasteiger partial charge in [-0.25, -0.2) is 9.48 Å². The number of benzene rings is 1. The summed E-state index contributed by atoms with van der Waals surface area (Å²) < 4.78 is 1.79. The molecule has 7 nitrogen and oxygen atoms in total. The van der Waals surface area contributed by atoms with E-state index >= 15 is 0 Å². The minimum absolute atomic E-state index is 0.00415. The summed E-state index contributed by atoms with van der Waals surface area (Å²) in [5.41, 5.74) is 0.777. The summed E-state index contributed by atoms with van der Waals surface area (Å²) in [7, 11) is 0. The molecule has 1 aromatic carbocycles. The Balaban J connectivity index is 1.50. The lowest BCUT2D eigenvalue weighted by molar-refractivity contribution is -0.121. The molecule has 0 spiro atoms. The molecule has 3 rings (SSSR count). The molecule has 1 aliphatic rings. The van der Waals surface area contributed by atoms with Crippen molar-refractivity contribution in [3.05, 3.63) is 42.6 Å². The van der Waals surface area contributed by atoms with Gasteiger partial charge < -0.3 is 15.5 Å². The average Bonchev–Trinajstić information content (AvgIpc) is 3.11. The van der Waals surface area contributed by atoms with Gasteiger partial charge in [0.2, 0.25) is 5.91 Å². The Morgan fingerprint density at radius 3 is 2.42 bits per heavy atom. The number of nitrogens with zero attached hydrogens (tertiary/aromatic N) is 3. The van der Waals surface area contributed by atoms with Crippen molar-refractivity contribution in [2.75, 3.05) is 23.7 Å². The summed E-state index contributed by atoms with van der Waals surface area (Å²) in [5.74, 6) is 0.621. The van der Waals surface area contributed by atoms with E-state index in [4.69, 9.17) is 0 Å². The first-order chi connectivity index (χ1) is 12.5. The van der Waals surface area contributed by atoms with Crippen molar-refractivity contribution >= 4 is 23.4 Å². The molecule has 1 saturated heterocycles. The van der Waals surface area contributed by atoms with Crippen LogP contribution in [-0.4, -0.2) is 39.7 Å². The third-order valence-electron chi connectivity index (χ3n) is 4.59. The summed E-state index contributed by atoms with van der Waals surface area (Å²) in [6, 6.07) is 11.3. The molecule has 1 fully saturated rings. The van der Waals surface area contributed by atoms with Gasteiger partial charge in [-0.1, -0.05) is 18.2 Å². The number of aromatic nitrogens is 2. The van der Waals surface area contributed by atoms with Crippen molar-refractivity contribution in [2.45, 2.75) is 32.7 Å². The maximum Gasteiger partial charge on any atom is 0.321 e. The number of amides is 3. The SMILES string of the molecule is CC(C)n1nccc1NC(=O)C1CCN(C(=O)Nc2ccccc2)CC1. The van der Waals surface area contributed by atoms with Gasteiger partial charge in [0.05, 0.1) is 6.20 Å². The van der Waals surface area contributed by atoms with Gasteiger partial charge in [-0.05, 0) is 38.8 Å². The number of urea groups is 1.